The van der Waals surface area contributed by atoms with Gasteiger partial charge in [0.05, 0.1) is 35.5 Å². The Labute approximate surface area is 108 Å². The average Bonchev–Trinajstić information content (AvgIpc) is 2.75. The fourth-order valence-corrected chi connectivity index (χ4v) is 2.42. The molecule has 0 spiro atoms. The molecule has 0 aliphatic heterocycles. The molecule has 7 heteroatoms. The lowest BCUT2D eigenvalue weighted by atomic mass is 10.1. The standard InChI is InChI=1S/C11H22N4O2S/c1-4-5-10(12)11-8-15(14-13-11)6-7-18(16,17)9(2)3/h8-10H,4-7,12H2,1-3H3. The Morgan fingerprint density at radius 1 is 1.44 bits per heavy atom. The maximum atomic E-state index is 11.7. The van der Waals surface area contributed by atoms with Gasteiger partial charge in [0, 0.05) is 0 Å². The molecule has 6 nitrogen and oxygen atoms in total. The van der Waals surface area contributed by atoms with Gasteiger partial charge in [0.2, 0.25) is 0 Å². The number of hydrogen-bond acceptors (Lipinski definition) is 5. The lowest BCUT2D eigenvalue weighted by molar-refractivity contribution is 0.567. The molecular weight excluding hydrogens is 252 g/mol. The summed E-state index contributed by atoms with van der Waals surface area (Å²) in [6.07, 6.45) is 3.56. The SMILES string of the molecule is CCCC(N)c1cn(CCS(=O)(=O)C(C)C)nn1. The molecule has 0 fully saturated rings. The lowest BCUT2D eigenvalue weighted by Gasteiger charge is -2.07. The van der Waals surface area contributed by atoms with Crippen LogP contribution in [0.15, 0.2) is 6.20 Å². The number of sulfone groups is 1. The van der Waals surface area contributed by atoms with Crippen molar-refractivity contribution in [3.05, 3.63) is 11.9 Å². The van der Waals surface area contributed by atoms with Gasteiger partial charge in [-0.15, -0.1) is 5.10 Å². The molecule has 0 saturated carbocycles. The van der Waals surface area contributed by atoms with Crippen LogP contribution in [-0.2, 0) is 16.4 Å². The van der Waals surface area contributed by atoms with Crippen molar-refractivity contribution in [2.24, 2.45) is 5.73 Å². The van der Waals surface area contributed by atoms with E-state index >= 15 is 0 Å². The van der Waals surface area contributed by atoms with Crippen LogP contribution in [0.5, 0.6) is 0 Å². The maximum Gasteiger partial charge on any atom is 0.154 e. The molecule has 0 bridgehead atoms. The number of hydrogen-bond donors (Lipinski definition) is 1. The lowest BCUT2D eigenvalue weighted by Crippen LogP contribution is -2.21. The van der Waals surface area contributed by atoms with Crippen molar-refractivity contribution in [3.63, 3.8) is 0 Å². The summed E-state index contributed by atoms with van der Waals surface area (Å²) in [7, 11) is -3.04. The zero-order chi connectivity index (χ0) is 13.8. The van der Waals surface area contributed by atoms with Crippen LogP contribution in [0, 0.1) is 0 Å². The molecule has 0 aliphatic rings. The molecule has 0 aliphatic carbocycles. The molecule has 0 saturated heterocycles. The summed E-state index contributed by atoms with van der Waals surface area (Å²) in [5.74, 6) is 0.0798. The predicted octanol–water partition coefficient (Wildman–Crippen LogP) is 0.901. The van der Waals surface area contributed by atoms with E-state index in [0.717, 1.165) is 18.5 Å². The largest absolute Gasteiger partial charge is 0.323 e. The van der Waals surface area contributed by atoms with E-state index in [1.165, 1.54) is 0 Å². The van der Waals surface area contributed by atoms with Gasteiger partial charge in [0.1, 0.15) is 0 Å². The van der Waals surface area contributed by atoms with Crippen molar-refractivity contribution in [2.75, 3.05) is 5.75 Å². The summed E-state index contributed by atoms with van der Waals surface area (Å²) in [5.41, 5.74) is 6.64. The second-order valence-corrected chi connectivity index (χ2v) is 7.39. The van der Waals surface area contributed by atoms with E-state index in [1.54, 1.807) is 24.7 Å². The summed E-state index contributed by atoms with van der Waals surface area (Å²) in [4.78, 5) is 0. The zero-order valence-electron chi connectivity index (χ0n) is 11.2. The third-order valence-corrected chi connectivity index (χ3v) is 5.05. The molecule has 0 aromatic carbocycles. The van der Waals surface area contributed by atoms with E-state index < -0.39 is 9.84 Å². The summed E-state index contributed by atoms with van der Waals surface area (Å²) in [6.45, 7) is 5.74. The van der Waals surface area contributed by atoms with E-state index in [0.29, 0.717) is 6.54 Å². The third-order valence-electron chi connectivity index (χ3n) is 2.86. The van der Waals surface area contributed by atoms with Gasteiger partial charge in [0.25, 0.3) is 0 Å². The molecule has 1 aromatic rings. The first kappa shape index (κ1) is 15.1. The first-order valence-corrected chi connectivity index (χ1v) is 7.95. The van der Waals surface area contributed by atoms with Gasteiger partial charge < -0.3 is 5.73 Å². The number of aryl methyl sites for hydroxylation is 1. The Morgan fingerprint density at radius 3 is 2.67 bits per heavy atom. The number of nitrogens with two attached hydrogens (primary N) is 1. The summed E-state index contributed by atoms with van der Waals surface area (Å²) < 4.78 is 24.9. The van der Waals surface area contributed by atoms with Crippen LogP contribution in [0.4, 0.5) is 0 Å². The van der Waals surface area contributed by atoms with Gasteiger partial charge >= 0.3 is 0 Å². The Bertz CT molecular complexity index is 467. The Balaban J connectivity index is 2.60. The normalized spacial score (nSPS) is 14.1. The van der Waals surface area contributed by atoms with E-state index in [2.05, 4.69) is 17.2 Å². The molecule has 0 radical (unpaired) electrons. The molecule has 0 amide bonds. The minimum absolute atomic E-state index is 0.0798. The highest BCUT2D eigenvalue weighted by Crippen LogP contribution is 2.12. The average molecular weight is 274 g/mol. The molecular formula is C11H22N4O2S. The van der Waals surface area contributed by atoms with Crippen LogP contribution in [0.25, 0.3) is 0 Å². The highest BCUT2D eigenvalue weighted by molar-refractivity contribution is 7.91. The highest BCUT2D eigenvalue weighted by Gasteiger charge is 2.16. The van der Waals surface area contributed by atoms with Crippen molar-refractivity contribution in [1.29, 1.82) is 0 Å². The molecule has 1 aromatic heterocycles. The first-order chi connectivity index (χ1) is 8.36. The molecule has 1 unspecified atom stereocenters. The molecule has 1 heterocycles. The number of rotatable bonds is 7. The van der Waals surface area contributed by atoms with E-state index in [4.69, 9.17) is 5.73 Å². The van der Waals surface area contributed by atoms with Gasteiger partial charge in [-0.25, -0.2) is 8.42 Å². The Kier molecular flexibility index (Phi) is 5.28. The summed E-state index contributed by atoms with van der Waals surface area (Å²) in [6, 6.07) is -0.120. The number of aromatic nitrogens is 3. The smallest absolute Gasteiger partial charge is 0.154 e. The zero-order valence-corrected chi connectivity index (χ0v) is 12.0. The fraction of sp³-hybridized carbons (Fsp3) is 0.818. The predicted molar refractivity (Wildman–Crippen MR) is 70.8 cm³/mol. The third kappa shape index (κ3) is 4.06. The summed E-state index contributed by atoms with van der Waals surface area (Å²) >= 11 is 0. The highest BCUT2D eigenvalue weighted by atomic mass is 32.2. The Morgan fingerprint density at radius 2 is 2.11 bits per heavy atom. The van der Waals surface area contributed by atoms with Crippen molar-refractivity contribution >= 4 is 9.84 Å². The fourth-order valence-electron chi connectivity index (χ4n) is 1.51. The monoisotopic (exact) mass is 274 g/mol. The molecule has 1 rings (SSSR count). The maximum absolute atomic E-state index is 11.7. The second kappa shape index (κ2) is 6.29. The molecule has 2 N–H and O–H groups in total. The minimum atomic E-state index is -3.04. The second-order valence-electron chi connectivity index (χ2n) is 4.72. The van der Waals surface area contributed by atoms with E-state index in [-0.39, 0.29) is 17.0 Å². The van der Waals surface area contributed by atoms with Crippen LogP contribution in [-0.4, -0.2) is 34.4 Å². The van der Waals surface area contributed by atoms with E-state index in [9.17, 15) is 8.42 Å². The van der Waals surface area contributed by atoms with Gasteiger partial charge in [-0.1, -0.05) is 18.6 Å². The molecule has 1 atom stereocenters. The van der Waals surface area contributed by atoms with Crippen molar-refractivity contribution in [3.8, 4) is 0 Å². The number of nitrogens with zero attached hydrogens (tertiary/aromatic N) is 3. The first-order valence-electron chi connectivity index (χ1n) is 6.24. The molecule has 104 valence electrons. The van der Waals surface area contributed by atoms with Crippen molar-refractivity contribution in [1.82, 2.24) is 15.0 Å². The van der Waals surface area contributed by atoms with Gasteiger partial charge in [-0.05, 0) is 20.3 Å². The Hall–Kier alpha value is -0.950. The topological polar surface area (TPSA) is 90.9 Å². The van der Waals surface area contributed by atoms with Crippen molar-refractivity contribution in [2.45, 2.75) is 51.4 Å². The van der Waals surface area contributed by atoms with Crippen LogP contribution in [0.2, 0.25) is 0 Å². The van der Waals surface area contributed by atoms with E-state index in [1.807, 2.05) is 0 Å². The van der Waals surface area contributed by atoms with Crippen LogP contribution in [0.3, 0.4) is 0 Å². The van der Waals surface area contributed by atoms with Crippen LogP contribution in [0.1, 0.15) is 45.3 Å². The quantitative estimate of drug-likeness (QED) is 0.797. The van der Waals surface area contributed by atoms with Gasteiger partial charge in [-0.2, -0.15) is 0 Å². The van der Waals surface area contributed by atoms with Crippen LogP contribution < -0.4 is 5.73 Å². The van der Waals surface area contributed by atoms with Crippen LogP contribution >= 0.6 is 0 Å². The molecule has 18 heavy (non-hydrogen) atoms. The minimum Gasteiger partial charge on any atom is -0.323 e. The summed E-state index contributed by atoms with van der Waals surface area (Å²) in [5, 5.41) is 7.52. The van der Waals surface area contributed by atoms with Crippen molar-refractivity contribution < 1.29 is 8.42 Å². The van der Waals surface area contributed by atoms with Gasteiger partial charge in [-0.3, -0.25) is 4.68 Å². The van der Waals surface area contributed by atoms with Gasteiger partial charge in [0.15, 0.2) is 9.84 Å².